The number of alkyl halides is 3. The monoisotopic (exact) mass is 278 g/mol. The second-order valence-electron chi connectivity index (χ2n) is 3.92. The summed E-state index contributed by atoms with van der Waals surface area (Å²) in [6.45, 7) is 0.503. The average Bonchev–Trinajstić information content (AvgIpc) is 2.30. The first-order chi connectivity index (χ1) is 8.87. The number of aliphatic hydroxyl groups excluding tert-OH is 1. The van der Waals surface area contributed by atoms with E-state index in [9.17, 15) is 13.2 Å². The molecule has 0 amide bonds. The Morgan fingerprint density at radius 2 is 2.05 bits per heavy atom. The topological polar surface area (TPSA) is 58.7 Å². The van der Waals surface area contributed by atoms with Crippen molar-refractivity contribution >= 4 is 11.4 Å². The van der Waals surface area contributed by atoms with Crippen molar-refractivity contribution in [2.24, 2.45) is 0 Å². The van der Waals surface area contributed by atoms with Gasteiger partial charge in [-0.1, -0.05) is 0 Å². The fourth-order valence-corrected chi connectivity index (χ4v) is 1.64. The molecule has 0 aliphatic heterocycles. The third-order valence-corrected chi connectivity index (χ3v) is 2.40. The normalized spacial score (nSPS) is 11.4. The number of halogens is 3. The molecule has 0 spiro atoms. The molecule has 108 valence electrons. The number of anilines is 2. The van der Waals surface area contributed by atoms with Crippen molar-refractivity contribution in [2.45, 2.75) is 13.1 Å². The zero-order chi connectivity index (χ0) is 14.5. The Hall–Kier alpha value is -1.63. The highest BCUT2D eigenvalue weighted by Crippen LogP contribution is 2.29. The maximum atomic E-state index is 12.5. The second-order valence-corrected chi connectivity index (χ2v) is 3.92. The van der Waals surface area contributed by atoms with Crippen LogP contribution in [-0.4, -0.2) is 37.6 Å². The molecule has 0 unspecified atom stereocenters. The lowest BCUT2D eigenvalue weighted by atomic mass is 10.2. The van der Waals surface area contributed by atoms with Crippen LogP contribution in [0.5, 0.6) is 5.75 Å². The van der Waals surface area contributed by atoms with Gasteiger partial charge in [-0.15, -0.1) is 0 Å². The molecule has 3 N–H and O–H groups in total. The van der Waals surface area contributed by atoms with Crippen molar-refractivity contribution in [2.75, 3.05) is 36.9 Å². The van der Waals surface area contributed by atoms with Crippen LogP contribution < -0.4 is 15.4 Å². The van der Waals surface area contributed by atoms with Crippen molar-refractivity contribution in [3.8, 4) is 5.75 Å². The Labute approximate surface area is 109 Å². The zero-order valence-electron chi connectivity index (χ0n) is 10.6. The van der Waals surface area contributed by atoms with Gasteiger partial charge in [-0.05, 0) is 19.1 Å². The van der Waals surface area contributed by atoms with Crippen LogP contribution in [0, 0.1) is 0 Å². The quantitative estimate of drug-likeness (QED) is 0.782. The second kappa shape index (κ2) is 6.51. The highest BCUT2D eigenvalue weighted by molar-refractivity contribution is 5.62. The molecule has 0 aromatic heterocycles. The fourth-order valence-electron chi connectivity index (χ4n) is 1.64. The molecule has 0 fully saturated rings. The summed E-state index contributed by atoms with van der Waals surface area (Å²) in [5, 5.41) is 8.86. The van der Waals surface area contributed by atoms with Crippen molar-refractivity contribution in [1.29, 1.82) is 0 Å². The SMILES string of the molecule is CCOc1cc(N(CCO)CC(F)(F)F)ccc1N. The van der Waals surface area contributed by atoms with Gasteiger partial charge >= 0.3 is 6.18 Å². The Balaban J connectivity index is 2.98. The number of benzene rings is 1. The number of aliphatic hydroxyl groups is 1. The van der Waals surface area contributed by atoms with Crippen LogP contribution in [0.1, 0.15) is 6.92 Å². The summed E-state index contributed by atoms with van der Waals surface area (Å²) in [6.07, 6.45) is -4.34. The molecule has 0 radical (unpaired) electrons. The first-order valence-corrected chi connectivity index (χ1v) is 5.82. The van der Waals surface area contributed by atoms with E-state index in [2.05, 4.69) is 0 Å². The van der Waals surface area contributed by atoms with E-state index in [0.29, 0.717) is 23.7 Å². The van der Waals surface area contributed by atoms with E-state index in [1.165, 1.54) is 18.2 Å². The summed E-state index contributed by atoms with van der Waals surface area (Å²) in [5.41, 5.74) is 6.33. The van der Waals surface area contributed by atoms with E-state index in [-0.39, 0.29) is 13.2 Å². The standard InChI is InChI=1S/C12H17F3N2O2/c1-2-19-11-7-9(3-4-10(11)16)17(5-6-18)8-12(13,14)15/h3-4,7,18H,2,5-6,8,16H2,1H3. The van der Waals surface area contributed by atoms with E-state index in [0.717, 1.165) is 4.90 Å². The molecule has 0 atom stereocenters. The summed E-state index contributed by atoms with van der Waals surface area (Å²) in [4.78, 5) is 1.03. The van der Waals surface area contributed by atoms with E-state index in [1.54, 1.807) is 6.92 Å². The number of nitrogens with two attached hydrogens (primary N) is 1. The minimum Gasteiger partial charge on any atom is -0.492 e. The van der Waals surface area contributed by atoms with Crippen LogP contribution in [0.25, 0.3) is 0 Å². The van der Waals surface area contributed by atoms with Gasteiger partial charge in [-0.25, -0.2) is 0 Å². The highest BCUT2D eigenvalue weighted by atomic mass is 19.4. The minimum absolute atomic E-state index is 0.116. The predicted octanol–water partition coefficient (Wildman–Crippen LogP) is 2.03. The smallest absolute Gasteiger partial charge is 0.405 e. The van der Waals surface area contributed by atoms with E-state index in [4.69, 9.17) is 15.6 Å². The Bertz CT molecular complexity index is 410. The number of nitrogen functional groups attached to an aromatic ring is 1. The van der Waals surface area contributed by atoms with Crippen LogP contribution >= 0.6 is 0 Å². The van der Waals surface area contributed by atoms with Crippen LogP contribution in [0.3, 0.4) is 0 Å². The Morgan fingerprint density at radius 1 is 1.37 bits per heavy atom. The van der Waals surface area contributed by atoms with E-state index in [1.807, 2.05) is 0 Å². The maximum absolute atomic E-state index is 12.5. The Kier molecular flexibility index (Phi) is 5.29. The molecule has 19 heavy (non-hydrogen) atoms. The third-order valence-electron chi connectivity index (χ3n) is 2.40. The molecule has 1 aromatic carbocycles. The maximum Gasteiger partial charge on any atom is 0.405 e. The van der Waals surface area contributed by atoms with E-state index >= 15 is 0 Å². The van der Waals surface area contributed by atoms with Gasteiger partial charge in [0.25, 0.3) is 0 Å². The molecule has 0 bridgehead atoms. The van der Waals surface area contributed by atoms with Gasteiger partial charge in [0.05, 0.1) is 18.9 Å². The van der Waals surface area contributed by atoms with Gasteiger partial charge in [0.15, 0.2) is 0 Å². The molecule has 1 aromatic rings. The van der Waals surface area contributed by atoms with Gasteiger partial charge in [-0.2, -0.15) is 13.2 Å². The van der Waals surface area contributed by atoms with Crippen molar-refractivity contribution in [3.05, 3.63) is 18.2 Å². The fraction of sp³-hybridized carbons (Fsp3) is 0.500. The lowest BCUT2D eigenvalue weighted by molar-refractivity contribution is -0.119. The summed E-state index contributed by atoms with van der Waals surface area (Å²) in [5.74, 6) is 0.338. The number of ether oxygens (including phenoxy) is 1. The number of nitrogens with zero attached hydrogens (tertiary/aromatic N) is 1. The van der Waals surface area contributed by atoms with Gasteiger partial charge in [0.2, 0.25) is 0 Å². The number of hydrogen-bond donors (Lipinski definition) is 2. The summed E-state index contributed by atoms with van der Waals surface area (Å²) >= 11 is 0. The first-order valence-electron chi connectivity index (χ1n) is 5.82. The van der Waals surface area contributed by atoms with Crippen molar-refractivity contribution in [3.63, 3.8) is 0 Å². The largest absolute Gasteiger partial charge is 0.492 e. The molecule has 0 aliphatic rings. The first kappa shape index (κ1) is 15.4. The van der Waals surface area contributed by atoms with E-state index < -0.39 is 12.7 Å². The lowest BCUT2D eigenvalue weighted by Crippen LogP contribution is -2.36. The molecular formula is C12H17F3N2O2. The van der Waals surface area contributed by atoms with Crippen LogP contribution in [0.4, 0.5) is 24.5 Å². The Morgan fingerprint density at radius 3 is 2.58 bits per heavy atom. The third kappa shape index (κ3) is 4.86. The van der Waals surface area contributed by atoms with Crippen LogP contribution in [-0.2, 0) is 0 Å². The summed E-state index contributed by atoms with van der Waals surface area (Å²) < 4.78 is 42.6. The van der Waals surface area contributed by atoms with Crippen molar-refractivity contribution in [1.82, 2.24) is 0 Å². The van der Waals surface area contributed by atoms with Crippen molar-refractivity contribution < 1.29 is 23.0 Å². The lowest BCUT2D eigenvalue weighted by Gasteiger charge is -2.25. The molecule has 0 saturated heterocycles. The highest BCUT2D eigenvalue weighted by Gasteiger charge is 2.30. The molecule has 1 rings (SSSR count). The van der Waals surface area contributed by atoms with Gasteiger partial charge in [-0.3, -0.25) is 0 Å². The number of rotatable bonds is 6. The van der Waals surface area contributed by atoms with Gasteiger partial charge in [0, 0.05) is 18.3 Å². The molecule has 0 heterocycles. The van der Waals surface area contributed by atoms with Crippen LogP contribution in [0.2, 0.25) is 0 Å². The zero-order valence-corrected chi connectivity index (χ0v) is 10.6. The number of hydrogen-bond acceptors (Lipinski definition) is 4. The molecular weight excluding hydrogens is 261 g/mol. The van der Waals surface area contributed by atoms with Crippen LogP contribution in [0.15, 0.2) is 18.2 Å². The summed E-state index contributed by atoms with van der Waals surface area (Å²) in [6, 6.07) is 4.40. The predicted molar refractivity (Wildman–Crippen MR) is 67.4 cm³/mol. The summed E-state index contributed by atoms with van der Waals surface area (Å²) in [7, 11) is 0. The molecule has 0 aliphatic carbocycles. The molecule has 4 nitrogen and oxygen atoms in total. The molecule has 7 heteroatoms. The minimum atomic E-state index is -4.34. The average molecular weight is 278 g/mol. The van der Waals surface area contributed by atoms with Gasteiger partial charge < -0.3 is 20.5 Å². The molecule has 0 saturated carbocycles. The van der Waals surface area contributed by atoms with Gasteiger partial charge in [0.1, 0.15) is 12.3 Å².